The molecule has 0 radical (unpaired) electrons. The topological polar surface area (TPSA) is 0 Å². The van der Waals surface area contributed by atoms with Gasteiger partial charge >= 0.3 is 0 Å². The Hall–Kier alpha value is -1.30. The molecular formula is C14H22. The van der Waals surface area contributed by atoms with Gasteiger partial charge in [0, 0.05) is 0 Å². The standard InChI is InChI=1S/C11H16.C3H6/c1-5-6-7-8-11(4)9-10(2)3;1-3-2/h5-9H,1H2,2-4H3;3H,1H2,2H3/b7-6-,11-8+;. The van der Waals surface area contributed by atoms with Crippen LogP contribution < -0.4 is 0 Å². The van der Waals surface area contributed by atoms with Crippen LogP contribution in [0.1, 0.15) is 27.7 Å². The summed E-state index contributed by atoms with van der Waals surface area (Å²) < 4.78 is 0. The third-order valence-electron chi connectivity index (χ3n) is 1.12. The quantitative estimate of drug-likeness (QED) is 0.441. The maximum absolute atomic E-state index is 3.59. The molecule has 0 aromatic rings. The summed E-state index contributed by atoms with van der Waals surface area (Å²) in [7, 11) is 0. The molecule has 0 aliphatic carbocycles. The van der Waals surface area contributed by atoms with Gasteiger partial charge in [-0.15, -0.1) is 6.58 Å². The Balaban J connectivity index is 0. The van der Waals surface area contributed by atoms with Crippen LogP contribution >= 0.6 is 0 Å². The summed E-state index contributed by atoms with van der Waals surface area (Å²) in [5.41, 5.74) is 2.59. The molecule has 0 fully saturated rings. The van der Waals surface area contributed by atoms with Crippen LogP contribution in [0.15, 0.2) is 60.8 Å². The Labute approximate surface area is 89.0 Å². The van der Waals surface area contributed by atoms with Crippen molar-refractivity contribution in [2.45, 2.75) is 27.7 Å². The Morgan fingerprint density at radius 3 is 1.86 bits per heavy atom. The van der Waals surface area contributed by atoms with Gasteiger partial charge in [0.05, 0.1) is 0 Å². The summed E-state index contributed by atoms with van der Waals surface area (Å²) in [5.74, 6) is 0. The minimum absolute atomic E-state index is 1.27. The number of hydrogen-bond donors (Lipinski definition) is 0. The Kier molecular flexibility index (Phi) is 12.7. The summed E-state index contributed by atoms with van der Waals surface area (Å²) >= 11 is 0. The average Bonchev–Trinajstić information content (AvgIpc) is 2.04. The Morgan fingerprint density at radius 2 is 1.50 bits per heavy atom. The lowest BCUT2D eigenvalue weighted by Gasteiger charge is -1.89. The van der Waals surface area contributed by atoms with Gasteiger partial charge in [-0.2, -0.15) is 0 Å². The molecule has 0 aromatic heterocycles. The van der Waals surface area contributed by atoms with Crippen LogP contribution in [0.4, 0.5) is 0 Å². The molecule has 0 heteroatoms. The second kappa shape index (κ2) is 11.7. The van der Waals surface area contributed by atoms with Crippen molar-refractivity contribution in [1.29, 1.82) is 0 Å². The van der Waals surface area contributed by atoms with Crippen molar-refractivity contribution in [3.05, 3.63) is 60.8 Å². The van der Waals surface area contributed by atoms with Crippen LogP contribution in [0.2, 0.25) is 0 Å². The molecule has 14 heavy (non-hydrogen) atoms. The Morgan fingerprint density at radius 1 is 1.00 bits per heavy atom. The van der Waals surface area contributed by atoms with Crippen molar-refractivity contribution < 1.29 is 0 Å². The lowest BCUT2D eigenvalue weighted by Crippen LogP contribution is -1.68. The predicted octanol–water partition coefficient (Wildman–Crippen LogP) is 4.83. The first-order valence-electron chi connectivity index (χ1n) is 4.76. The van der Waals surface area contributed by atoms with Gasteiger partial charge in [0.15, 0.2) is 0 Å². The summed E-state index contributed by atoms with van der Waals surface area (Å²) in [6.45, 7) is 15.1. The summed E-state index contributed by atoms with van der Waals surface area (Å²) in [4.78, 5) is 0. The first kappa shape index (κ1) is 15.2. The monoisotopic (exact) mass is 190 g/mol. The highest BCUT2D eigenvalue weighted by atomic mass is 13.9. The molecule has 0 aliphatic rings. The van der Waals surface area contributed by atoms with E-state index in [2.05, 4.69) is 46.1 Å². The summed E-state index contributed by atoms with van der Waals surface area (Å²) in [6.07, 6.45) is 11.6. The molecular weight excluding hydrogens is 168 g/mol. The second-order valence-electron chi connectivity index (χ2n) is 3.16. The van der Waals surface area contributed by atoms with E-state index in [1.54, 1.807) is 12.2 Å². The number of rotatable bonds is 3. The van der Waals surface area contributed by atoms with Crippen molar-refractivity contribution in [2.24, 2.45) is 0 Å². The fraction of sp³-hybridized carbons (Fsp3) is 0.286. The predicted molar refractivity (Wildman–Crippen MR) is 68.4 cm³/mol. The van der Waals surface area contributed by atoms with E-state index in [4.69, 9.17) is 0 Å². The van der Waals surface area contributed by atoms with Gasteiger partial charge in [-0.3, -0.25) is 0 Å². The summed E-state index contributed by atoms with van der Waals surface area (Å²) in [6, 6.07) is 0. The van der Waals surface area contributed by atoms with E-state index in [-0.39, 0.29) is 0 Å². The van der Waals surface area contributed by atoms with Crippen LogP contribution in [-0.4, -0.2) is 0 Å². The van der Waals surface area contributed by atoms with Crippen molar-refractivity contribution in [2.75, 3.05) is 0 Å². The zero-order valence-corrected chi connectivity index (χ0v) is 9.88. The third kappa shape index (κ3) is 17.0. The lowest BCUT2D eigenvalue weighted by molar-refractivity contribution is 1.35. The zero-order valence-electron chi connectivity index (χ0n) is 9.88. The molecule has 0 saturated carbocycles. The van der Waals surface area contributed by atoms with Gasteiger partial charge in [-0.05, 0) is 27.7 Å². The van der Waals surface area contributed by atoms with Crippen LogP contribution in [-0.2, 0) is 0 Å². The molecule has 0 saturated heterocycles. The van der Waals surface area contributed by atoms with E-state index >= 15 is 0 Å². The van der Waals surface area contributed by atoms with Crippen molar-refractivity contribution in [3.8, 4) is 0 Å². The molecule has 0 rings (SSSR count). The first-order valence-corrected chi connectivity index (χ1v) is 4.76. The number of allylic oxidation sites excluding steroid dienone is 8. The van der Waals surface area contributed by atoms with Crippen molar-refractivity contribution in [3.63, 3.8) is 0 Å². The highest BCUT2D eigenvalue weighted by Gasteiger charge is 1.79. The fourth-order valence-electron chi connectivity index (χ4n) is 0.789. The molecule has 0 spiro atoms. The maximum Gasteiger partial charge on any atom is -0.0398 e. The molecule has 0 unspecified atom stereocenters. The van der Waals surface area contributed by atoms with Gasteiger partial charge in [-0.1, -0.05) is 54.2 Å². The molecule has 0 bridgehead atoms. The van der Waals surface area contributed by atoms with E-state index in [1.165, 1.54) is 11.1 Å². The minimum Gasteiger partial charge on any atom is -0.103 e. The fourth-order valence-corrected chi connectivity index (χ4v) is 0.789. The van der Waals surface area contributed by atoms with Gasteiger partial charge in [0.1, 0.15) is 0 Å². The molecule has 78 valence electrons. The van der Waals surface area contributed by atoms with Crippen LogP contribution in [0.3, 0.4) is 0 Å². The van der Waals surface area contributed by atoms with E-state index in [9.17, 15) is 0 Å². The third-order valence-corrected chi connectivity index (χ3v) is 1.12. The molecule has 0 heterocycles. The second-order valence-corrected chi connectivity index (χ2v) is 3.16. The van der Waals surface area contributed by atoms with E-state index in [0.29, 0.717) is 0 Å². The van der Waals surface area contributed by atoms with Gasteiger partial charge in [0.25, 0.3) is 0 Å². The van der Waals surface area contributed by atoms with Gasteiger partial charge < -0.3 is 0 Å². The SMILES string of the molecule is C=C/C=C\C=C(/C)C=C(C)C.C=CC. The summed E-state index contributed by atoms with van der Waals surface area (Å²) in [5, 5.41) is 0. The average molecular weight is 190 g/mol. The molecule has 0 aliphatic heterocycles. The maximum atomic E-state index is 3.59. The van der Waals surface area contributed by atoms with E-state index in [1.807, 2.05) is 19.1 Å². The van der Waals surface area contributed by atoms with Crippen LogP contribution in [0.25, 0.3) is 0 Å². The van der Waals surface area contributed by atoms with Gasteiger partial charge in [0.2, 0.25) is 0 Å². The smallest absolute Gasteiger partial charge is 0.0398 e. The van der Waals surface area contributed by atoms with Crippen LogP contribution in [0.5, 0.6) is 0 Å². The Bertz CT molecular complexity index is 233. The highest BCUT2D eigenvalue weighted by molar-refractivity contribution is 5.24. The molecule has 0 aromatic carbocycles. The molecule has 0 N–H and O–H groups in total. The molecule has 0 nitrogen and oxygen atoms in total. The minimum atomic E-state index is 1.27. The first-order chi connectivity index (χ1) is 6.58. The van der Waals surface area contributed by atoms with Crippen molar-refractivity contribution in [1.82, 2.24) is 0 Å². The number of hydrogen-bond acceptors (Lipinski definition) is 0. The molecule has 0 atom stereocenters. The van der Waals surface area contributed by atoms with Crippen molar-refractivity contribution >= 4 is 0 Å². The van der Waals surface area contributed by atoms with Crippen LogP contribution in [0, 0.1) is 0 Å². The van der Waals surface area contributed by atoms with E-state index < -0.39 is 0 Å². The largest absolute Gasteiger partial charge is 0.103 e. The van der Waals surface area contributed by atoms with Gasteiger partial charge in [-0.25, -0.2) is 0 Å². The zero-order chi connectivity index (χ0) is 11.4. The lowest BCUT2D eigenvalue weighted by atomic mass is 10.2. The molecule has 0 amide bonds. The highest BCUT2D eigenvalue weighted by Crippen LogP contribution is 2.00. The van der Waals surface area contributed by atoms with E-state index in [0.717, 1.165) is 0 Å². The normalized spacial score (nSPS) is 10.1.